The number of hydrogen-bond acceptors (Lipinski definition) is 5. The molecule has 5 nitrogen and oxygen atoms in total. The second-order valence-corrected chi connectivity index (χ2v) is 9.45. The minimum absolute atomic E-state index is 0.260. The molecule has 3 aromatic rings. The summed E-state index contributed by atoms with van der Waals surface area (Å²) < 4.78 is 42.4. The summed E-state index contributed by atoms with van der Waals surface area (Å²) in [5.74, 6) is 1.13. The van der Waals surface area contributed by atoms with Crippen LogP contribution in [0.25, 0.3) is 0 Å². The van der Waals surface area contributed by atoms with Gasteiger partial charge < -0.3 is 14.2 Å². The monoisotopic (exact) mass is 439 g/mol. The zero-order valence-electron chi connectivity index (χ0n) is 17.9. The van der Waals surface area contributed by atoms with Crippen LogP contribution in [0.5, 0.6) is 11.5 Å². The molecule has 1 radical (unpaired) electrons. The van der Waals surface area contributed by atoms with Gasteiger partial charge in [0.2, 0.25) is 0 Å². The topological polar surface area (TPSA) is 61.8 Å². The van der Waals surface area contributed by atoms with E-state index in [0.29, 0.717) is 11.5 Å². The summed E-state index contributed by atoms with van der Waals surface area (Å²) in [6, 6.07) is 24.5. The van der Waals surface area contributed by atoms with E-state index in [1.165, 1.54) is 0 Å². The molecule has 6 heteroatoms. The fraction of sp³-hybridized carbons (Fsp3) is 0.240. The van der Waals surface area contributed by atoms with Crippen molar-refractivity contribution in [2.75, 3.05) is 20.0 Å². The molecule has 163 valence electrons. The fourth-order valence-corrected chi connectivity index (χ4v) is 4.14. The van der Waals surface area contributed by atoms with E-state index in [0.717, 1.165) is 16.7 Å². The third-order valence-corrected chi connectivity index (χ3v) is 6.98. The second kappa shape index (κ2) is 9.54. The van der Waals surface area contributed by atoms with Crippen molar-refractivity contribution in [1.29, 1.82) is 0 Å². The minimum Gasteiger partial charge on any atom is -0.497 e. The van der Waals surface area contributed by atoms with E-state index in [1.807, 2.05) is 78.9 Å². The van der Waals surface area contributed by atoms with Gasteiger partial charge in [0.05, 0.1) is 20.0 Å². The van der Waals surface area contributed by atoms with Crippen LogP contribution in [0.3, 0.4) is 0 Å². The molecule has 0 N–H and O–H groups in total. The van der Waals surface area contributed by atoms with Gasteiger partial charge in [-0.1, -0.05) is 54.6 Å². The lowest BCUT2D eigenvalue weighted by Crippen LogP contribution is -2.39. The van der Waals surface area contributed by atoms with Gasteiger partial charge in [-0.05, 0) is 54.8 Å². The number of rotatable bonds is 9. The Kier molecular flexibility index (Phi) is 7.03. The number of benzene rings is 3. The van der Waals surface area contributed by atoms with Crippen molar-refractivity contribution in [1.82, 2.24) is 0 Å². The lowest BCUT2D eigenvalue weighted by Gasteiger charge is -2.38. The third kappa shape index (κ3) is 4.60. The van der Waals surface area contributed by atoms with Crippen LogP contribution in [0.2, 0.25) is 0 Å². The van der Waals surface area contributed by atoms with Gasteiger partial charge >= 0.3 is 0 Å². The maximum absolute atomic E-state index is 12.6. The quantitative estimate of drug-likeness (QED) is 0.456. The Hall–Kier alpha value is -2.83. The summed E-state index contributed by atoms with van der Waals surface area (Å²) in [7, 11) is -0.365. The maximum Gasteiger partial charge on any atom is 0.176 e. The summed E-state index contributed by atoms with van der Waals surface area (Å²) in [5, 5.41) is 0. The highest BCUT2D eigenvalue weighted by molar-refractivity contribution is 7.91. The predicted octanol–water partition coefficient (Wildman–Crippen LogP) is 4.61. The molecule has 1 unspecified atom stereocenters. The molecule has 0 heterocycles. The number of ether oxygens (including phenoxy) is 3. The van der Waals surface area contributed by atoms with E-state index in [2.05, 4.69) is 6.92 Å². The van der Waals surface area contributed by atoms with Crippen LogP contribution in [-0.4, -0.2) is 33.8 Å². The number of methoxy groups -OCH3 is 2. The van der Waals surface area contributed by atoms with Crippen LogP contribution in [0.4, 0.5) is 0 Å². The standard InChI is InChI=1S/C25H27O5S/c1-5-31(26,27)19(2)30-25(20-9-7-6-8-10-20,21-11-15-23(28-3)16-12-21)22-13-17-24(29-4)18-14-22/h6-19H,1,5H2,2-4H3. The summed E-state index contributed by atoms with van der Waals surface area (Å²) in [4.78, 5) is 0. The molecule has 3 rings (SSSR count). The molecule has 0 saturated carbocycles. The minimum atomic E-state index is -3.56. The molecule has 0 bridgehead atoms. The first kappa shape index (κ1) is 22.8. The van der Waals surface area contributed by atoms with Crippen LogP contribution in [0.15, 0.2) is 78.9 Å². The van der Waals surface area contributed by atoms with E-state index >= 15 is 0 Å². The average molecular weight is 440 g/mol. The van der Waals surface area contributed by atoms with Crippen LogP contribution < -0.4 is 9.47 Å². The molecule has 0 fully saturated rings. The van der Waals surface area contributed by atoms with E-state index in [4.69, 9.17) is 14.2 Å². The summed E-state index contributed by atoms with van der Waals surface area (Å²) in [5.41, 5.74) is 0.0824. The normalized spacial score (nSPS) is 12.9. The number of hydrogen-bond donors (Lipinski definition) is 0. The molecule has 0 aromatic heterocycles. The van der Waals surface area contributed by atoms with Gasteiger partial charge in [-0.2, -0.15) is 0 Å². The zero-order chi connectivity index (χ0) is 22.5. The molecule has 0 aliphatic carbocycles. The molecular weight excluding hydrogens is 412 g/mol. The van der Waals surface area contributed by atoms with Crippen LogP contribution >= 0.6 is 0 Å². The Morgan fingerprint density at radius 3 is 1.58 bits per heavy atom. The molecule has 0 aliphatic heterocycles. The predicted molar refractivity (Wildman–Crippen MR) is 122 cm³/mol. The van der Waals surface area contributed by atoms with Gasteiger partial charge in [-0.25, -0.2) is 8.42 Å². The Morgan fingerprint density at radius 1 is 0.774 bits per heavy atom. The fourth-order valence-electron chi connectivity index (χ4n) is 3.52. The van der Waals surface area contributed by atoms with Gasteiger partial charge in [0.25, 0.3) is 0 Å². The molecule has 1 atom stereocenters. The summed E-state index contributed by atoms with van der Waals surface area (Å²) in [6.45, 7) is 5.12. The van der Waals surface area contributed by atoms with Crippen molar-refractivity contribution in [2.45, 2.75) is 18.0 Å². The summed E-state index contributed by atoms with van der Waals surface area (Å²) >= 11 is 0. The number of sulfone groups is 1. The van der Waals surface area contributed by atoms with Gasteiger partial charge in [-0.15, -0.1) is 0 Å². The van der Waals surface area contributed by atoms with Crippen molar-refractivity contribution in [3.05, 3.63) is 102 Å². The van der Waals surface area contributed by atoms with Crippen molar-refractivity contribution < 1.29 is 22.6 Å². The van der Waals surface area contributed by atoms with Crippen molar-refractivity contribution in [2.24, 2.45) is 0 Å². The maximum atomic E-state index is 12.6. The van der Waals surface area contributed by atoms with E-state index in [1.54, 1.807) is 21.1 Å². The Balaban J connectivity index is 2.30. The van der Waals surface area contributed by atoms with Crippen LogP contribution in [0.1, 0.15) is 23.6 Å². The molecule has 3 aromatic carbocycles. The van der Waals surface area contributed by atoms with Crippen molar-refractivity contribution in [3.8, 4) is 11.5 Å². The lowest BCUT2D eigenvalue weighted by molar-refractivity contribution is -0.000767. The Labute approximate surface area is 184 Å². The SMILES string of the molecule is [CH2]CS(=O)(=O)C(C)OC(c1ccccc1)(c1ccc(OC)cc1)c1ccc(OC)cc1. The molecule has 0 aliphatic rings. The average Bonchev–Trinajstić information content (AvgIpc) is 2.83. The molecule has 0 amide bonds. The molecular formula is C25H27O5S. The Morgan fingerprint density at radius 2 is 1.19 bits per heavy atom. The largest absolute Gasteiger partial charge is 0.497 e. The zero-order valence-corrected chi connectivity index (χ0v) is 18.8. The highest BCUT2D eigenvalue weighted by Crippen LogP contribution is 2.43. The highest BCUT2D eigenvalue weighted by Gasteiger charge is 2.41. The van der Waals surface area contributed by atoms with Crippen molar-refractivity contribution >= 4 is 9.84 Å². The van der Waals surface area contributed by atoms with E-state index in [9.17, 15) is 8.42 Å². The first-order valence-electron chi connectivity index (χ1n) is 9.90. The Bertz CT molecular complexity index is 1030. The first-order chi connectivity index (χ1) is 14.9. The van der Waals surface area contributed by atoms with Crippen molar-refractivity contribution in [3.63, 3.8) is 0 Å². The van der Waals surface area contributed by atoms with Crippen LogP contribution in [-0.2, 0) is 20.2 Å². The lowest BCUT2D eigenvalue weighted by atomic mass is 9.80. The molecule has 31 heavy (non-hydrogen) atoms. The molecule has 0 saturated heterocycles. The van der Waals surface area contributed by atoms with E-state index in [-0.39, 0.29) is 5.75 Å². The third-order valence-electron chi connectivity index (χ3n) is 5.31. The van der Waals surface area contributed by atoms with Gasteiger partial charge in [0.15, 0.2) is 15.3 Å². The van der Waals surface area contributed by atoms with Gasteiger partial charge in [0.1, 0.15) is 17.1 Å². The summed E-state index contributed by atoms with van der Waals surface area (Å²) in [6.07, 6.45) is 0. The first-order valence-corrected chi connectivity index (χ1v) is 11.6. The van der Waals surface area contributed by atoms with Crippen LogP contribution in [0, 0.1) is 6.92 Å². The second-order valence-electron chi connectivity index (χ2n) is 7.06. The van der Waals surface area contributed by atoms with E-state index < -0.39 is 20.9 Å². The van der Waals surface area contributed by atoms with Gasteiger partial charge in [0, 0.05) is 0 Å². The van der Waals surface area contributed by atoms with Gasteiger partial charge in [-0.3, -0.25) is 0 Å². The highest BCUT2D eigenvalue weighted by atomic mass is 32.2. The smallest absolute Gasteiger partial charge is 0.176 e. The molecule has 0 spiro atoms.